The number of aliphatic hydroxyl groups excluding tert-OH is 2. The summed E-state index contributed by atoms with van der Waals surface area (Å²) >= 11 is 4.87. The van der Waals surface area contributed by atoms with E-state index in [9.17, 15) is 9.59 Å². The molecule has 1 heterocycles. The Labute approximate surface area is 93.9 Å². The number of ether oxygens (including phenoxy) is 1. The maximum atomic E-state index is 11.1. The lowest BCUT2D eigenvalue weighted by Crippen LogP contribution is -2.40. The Morgan fingerprint density at radius 3 is 2.31 bits per heavy atom. The van der Waals surface area contributed by atoms with Gasteiger partial charge >= 0.3 is 12.0 Å². The van der Waals surface area contributed by atoms with Crippen molar-refractivity contribution in [1.82, 2.24) is 15.0 Å². The second kappa shape index (κ2) is 5.45. The van der Waals surface area contributed by atoms with Crippen LogP contribution in [0.25, 0.3) is 0 Å². The molecular weight excluding hydrogens is 242 g/mol. The van der Waals surface area contributed by atoms with Gasteiger partial charge in [-0.15, -0.1) is 0 Å². The summed E-state index contributed by atoms with van der Waals surface area (Å²) in [6.45, 7) is 0. The zero-order chi connectivity index (χ0) is 12.1. The molecule has 2 unspecified atom stereocenters. The molecule has 0 aliphatic carbocycles. The van der Waals surface area contributed by atoms with Crippen LogP contribution in [0.5, 0.6) is 6.01 Å². The predicted octanol–water partition coefficient (Wildman–Crippen LogP) is -1.74. The van der Waals surface area contributed by atoms with E-state index in [1.165, 1.54) is 0 Å². The minimum absolute atomic E-state index is 0.367. The normalized spacial score (nSPS) is 13.9. The Hall–Kier alpha value is -1.64. The van der Waals surface area contributed by atoms with Crippen LogP contribution in [0.4, 0.5) is 0 Å². The van der Waals surface area contributed by atoms with Crippen LogP contribution in [0.3, 0.4) is 0 Å². The van der Waals surface area contributed by atoms with Gasteiger partial charge in [-0.2, -0.15) is 9.97 Å². The van der Waals surface area contributed by atoms with E-state index in [1.807, 2.05) is 0 Å². The quantitative estimate of drug-likeness (QED) is 0.475. The van der Waals surface area contributed by atoms with Crippen LogP contribution in [0.1, 0.15) is 0 Å². The van der Waals surface area contributed by atoms with Crippen molar-refractivity contribution in [2.45, 2.75) is 12.2 Å². The van der Waals surface area contributed by atoms with Gasteiger partial charge in [-0.1, -0.05) is 0 Å². The van der Waals surface area contributed by atoms with E-state index in [2.05, 4.69) is 19.7 Å². The number of nitrogens with zero attached hydrogens (tertiary/aromatic N) is 3. The third-order valence-corrected chi connectivity index (χ3v) is 1.66. The molecular formula is C7H6ClN3O5. The molecule has 0 spiro atoms. The van der Waals surface area contributed by atoms with Crippen LogP contribution >= 0.6 is 11.6 Å². The van der Waals surface area contributed by atoms with Crippen LogP contribution in [-0.2, 0) is 9.59 Å². The van der Waals surface area contributed by atoms with E-state index in [-0.39, 0.29) is 6.01 Å². The number of aromatic nitrogens is 3. The smallest absolute Gasteiger partial charge is 0.346 e. The van der Waals surface area contributed by atoms with Crippen molar-refractivity contribution in [3.8, 4) is 6.01 Å². The van der Waals surface area contributed by atoms with E-state index < -0.39 is 23.4 Å². The predicted molar refractivity (Wildman–Crippen MR) is 48.3 cm³/mol. The molecule has 1 aromatic heterocycles. The summed E-state index contributed by atoms with van der Waals surface area (Å²) in [7, 11) is 0. The number of carbonyl (C=O) groups is 2. The topological polar surface area (TPSA) is 122 Å². The molecule has 9 heteroatoms. The zero-order valence-corrected chi connectivity index (χ0v) is 8.40. The third-order valence-electron chi connectivity index (χ3n) is 1.43. The number of hydrogen-bond acceptors (Lipinski definition) is 8. The lowest BCUT2D eigenvalue weighted by Gasteiger charge is -2.11. The van der Waals surface area contributed by atoms with Crippen molar-refractivity contribution in [1.29, 1.82) is 0 Å². The fourth-order valence-corrected chi connectivity index (χ4v) is 0.804. The summed E-state index contributed by atoms with van der Waals surface area (Å²) in [4.78, 5) is 31.9. The first kappa shape index (κ1) is 12.4. The molecule has 0 aromatic carbocycles. The molecule has 0 fully saturated rings. The van der Waals surface area contributed by atoms with Crippen molar-refractivity contribution in [2.24, 2.45) is 0 Å². The van der Waals surface area contributed by atoms with Crippen molar-refractivity contribution < 1.29 is 24.5 Å². The van der Waals surface area contributed by atoms with Crippen LogP contribution in [-0.4, -0.2) is 48.6 Å². The standard InChI is InChI=1S/C7H6ClN3O5/c8-5(14)3(12)4(13)6(15)16-7-10-1-9-2-11-7/h1-4,12-13H. The monoisotopic (exact) mass is 247 g/mol. The molecule has 0 aliphatic heterocycles. The molecule has 2 atom stereocenters. The first-order valence-electron chi connectivity index (χ1n) is 3.91. The van der Waals surface area contributed by atoms with Crippen molar-refractivity contribution in [3.63, 3.8) is 0 Å². The molecule has 86 valence electrons. The Kier molecular flexibility index (Phi) is 4.23. The lowest BCUT2D eigenvalue weighted by molar-refractivity contribution is -0.153. The SMILES string of the molecule is O=C(Cl)C(O)C(O)C(=O)Oc1ncncn1. The lowest BCUT2D eigenvalue weighted by atomic mass is 10.2. The number of carbonyl (C=O) groups excluding carboxylic acids is 2. The van der Waals surface area contributed by atoms with E-state index in [4.69, 9.17) is 21.8 Å². The van der Waals surface area contributed by atoms with Crippen LogP contribution in [0.2, 0.25) is 0 Å². The van der Waals surface area contributed by atoms with Crippen molar-refractivity contribution in [2.75, 3.05) is 0 Å². The summed E-state index contributed by atoms with van der Waals surface area (Å²) in [5, 5.41) is 16.8. The van der Waals surface area contributed by atoms with E-state index in [0.717, 1.165) is 12.7 Å². The second-order valence-electron chi connectivity index (χ2n) is 2.54. The van der Waals surface area contributed by atoms with Crippen LogP contribution in [0, 0.1) is 0 Å². The van der Waals surface area contributed by atoms with E-state index >= 15 is 0 Å². The highest BCUT2D eigenvalue weighted by Gasteiger charge is 2.31. The highest BCUT2D eigenvalue weighted by molar-refractivity contribution is 6.64. The summed E-state index contributed by atoms with van der Waals surface area (Å²) < 4.78 is 4.43. The van der Waals surface area contributed by atoms with Gasteiger partial charge in [0, 0.05) is 0 Å². The number of halogens is 1. The Morgan fingerprint density at radius 2 is 1.81 bits per heavy atom. The zero-order valence-electron chi connectivity index (χ0n) is 7.65. The molecule has 16 heavy (non-hydrogen) atoms. The van der Waals surface area contributed by atoms with Crippen molar-refractivity contribution in [3.05, 3.63) is 12.7 Å². The minimum atomic E-state index is -2.10. The Morgan fingerprint density at radius 1 is 1.25 bits per heavy atom. The first-order valence-corrected chi connectivity index (χ1v) is 4.29. The molecule has 1 rings (SSSR count). The molecule has 0 saturated heterocycles. The number of rotatable bonds is 4. The summed E-state index contributed by atoms with van der Waals surface area (Å²) in [5.41, 5.74) is 0. The summed E-state index contributed by atoms with van der Waals surface area (Å²) in [6, 6.07) is -0.367. The third kappa shape index (κ3) is 3.19. The van der Waals surface area contributed by atoms with E-state index in [1.54, 1.807) is 0 Å². The molecule has 8 nitrogen and oxygen atoms in total. The molecule has 0 saturated carbocycles. The molecule has 1 aromatic rings. The van der Waals surface area contributed by atoms with Gasteiger partial charge in [-0.05, 0) is 11.6 Å². The first-order chi connectivity index (χ1) is 7.52. The van der Waals surface area contributed by atoms with Gasteiger partial charge in [0.05, 0.1) is 0 Å². The van der Waals surface area contributed by atoms with Crippen LogP contribution < -0.4 is 4.74 Å². The average Bonchev–Trinajstić information content (AvgIpc) is 2.28. The second-order valence-corrected chi connectivity index (χ2v) is 2.91. The highest BCUT2D eigenvalue weighted by Crippen LogP contribution is 2.04. The number of esters is 1. The molecule has 0 aliphatic rings. The van der Waals surface area contributed by atoms with Gasteiger partial charge < -0.3 is 14.9 Å². The highest BCUT2D eigenvalue weighted by atomic mass is 35.5. The van der Waals surface area contributed by atoms with E-state index in [0.29, 0.717) is 0 Å². The summed E-state index contributed by atoms with van der Waals surface area (Å²) in [6.07, 6.45) is -2.03. The van der Waals surface area contributed by atoms with Crippen LogP contribution in [0.15, 0.2) is 12.7 Å². The van der Waals surface area contributed by atoms with Gasteiger partial charge in [0.2, 0.25) is 0 Å². The largest absolute Gasteiger partial charge is 0.389 e. The molecule has 2 N–H and O–H groups in total. The van der Waals surface area contributed by atoms with Gasteiger partial charge in [-0.3, -0.25) is 4.79 Å². The number of aliphatic hydroxyl groups is 2. The maximum Gasteiger partial charge on any atom is 0.346 e. The Bertz CT molecular complexity index is 387. The molecule has 0 radical (unpaired) electrons. The van der Waals surface area contributed by atoms with Crippen molar-refractivity contribution >= 4 is 22.8 Å². The average molecular weight is 248 g/mol. The fraction of sp³-hybridized carbons (Fsp3) is 0.286. The number of hydrogen-bond donors (Lipinski definition) is 2. The fourth-order valence-electron chi connectivity index (χ4n) is 0.685. The minimum Gasteiger partial charge on any atom is -0.389 e. The Balaban J connectivity index is 2.63. The molecule has 0 bridgehead atoms. The summed E-state index contributed by atoms with van der Waals surface area (Å²) in [5.74, 6) is -1.30. The van der Waals surface area contributed by atoms with Gasteiger partial charge in [-0.25, -0.2) is 9.78 Å². The maximum absolute atomic E-state index is 11.1. The molecule has 0 amide bonds. The van der Waals surface area contributed by atoms with Gasteiger partial charge in [0.1, 0.15) is 12.7 Å². The van der Waals surface area contributed by atoms with Gasteiger partial charge in [0.25, 0.3) is 5.24 Å². The van der Waals surface area contributed by atoms with Gasteiger partial charge in [0.15, 0.2) is 12.2 Å².